The molecule has 1 saturated heterocycles. The second kappa shape index (κ2) is 9.11. The predicted octanol–water partition coefficient (Wildman–Crippen LogP) is 1.51. The summed E-state index contributed by atoms with van der Waals surface area (Å²) in [7, 11) is 3.53. The third-order valence-corrected chi connectivity index (χ3v) is 4.64. The van der Waals surface area contributed by atoms with Crippen molar-refractivity contribution >= 4 is 11.9 Å². The quantitative estimate of drug-likeness (QED) is 0.608. The summed E-state index contributed by atoms with van der Waals surface area (Å²) in [6, 6.07) is 0.838. The normalized spacial score (nSPS) is 26.7. The van der Waals surface area contributed by atoms with Crippen LogP contribution in [0, 0.1) is 0 Å². The van der Waals surface area contributed by atoms with Gasteiger partial charge in [-0.3, -0.25) is 4.79 Å². The number of likely N-dealkylation sites (N-methyl/N-ethyl adjacent to an activating group) is 1. The second-order valence-electron chi connectivity index (χ2n) is 6.98. The molecule has 6 heteroatoms. The number of nitrogens with one attached hydrogen (secondary N) is 2. The van der Waals surface area contributed by atoms with Crippen molar-refractivity contribution in [1.82, 2.24) is 15.5 Å². The van der Waals surface area contributed by atoms with E-state index in [1.54, 1.807) is 19.0 Å². The number of amides is 1. The lowest BCUT2D eigenvalue weighted by atomic mass is 9.95. The minimum Gasteiger partial charge on any atom is -0.378 e. The van der Waals surface area contributed by atoms with Crippen LogP contribution in [-0.2, 0) is 9.53 Å². The number of carbonyl (C=O) groups is 1. The van der Waals surface area contributed by atoms with Gasteiger partial charge in [0, 0.05) is 32.8 Å². The van der Waals surface area contributed by atoms with E-state index in [2.05, 4.69) is 22.5 Å². The molecule has 0 aromatic heterocycles. The number of nitrogens with zero attached hydrogens (tertiary/aromatic N) is 2. The zero-order chi connectivity index (χ0) is 16.7. The van der Waals surface area contributed by atoms with Gasteiger partial charge in [-0.1, -0.05) is 19.3 Å². The third kappa shape index (κ3) is 6.37. The highest BCUT2D eigenvalue weighted by Crippen LogP contribution is 2.18. The summed E-state index contributed by atoms with van der Waals surface area (Å²) in [6.07, 6.45) is 8.49. The van der Waals surface area contributed by atoms with Crippen LogP contribution in [0.2, 0.25) is 0 Å². The number of rotatable bonds is 4. The molecule has 132 valence electrons. The van der Waals surface area contributed by atoms with E-state index in [-0.39, 0.29) is 18.6 Å². The Hall–Kier alpha value is -1.30. The maximum absolute atomic E-state index is 11.8. The first-order valence-electron chi connectivity index (χ1n) is 8.94. The molecule has 0 aromatic carbocycles. The molecule has 1 heterocycles. The molecule has 1 amide bonds. The Balaban J connectivity index is 1.94. The lowest BCUT2D eigenvalue weighted by Gasteiger charge is -2.31. The molecule has 2 unspecified atom stereocenters. The number of aliphatic imine (C=N–C) groups is 1. The van der Waals surface area contributed by atoms with Gasteiger partial charge >= 0.3 is 0 Å². The van der Waals surface area contributed by atoms with Crippen LogP contribution in [0.15, 0.2) is 4.99 Å². The molecule has 0 bridgehead atoms. The monoisotopic (exact) mass is 324 g/mol. The summed E-state index contributed by atoms with van der Waals surface area (Å²) in [4.78, 5) is 17.9. The molecule has 6 nitrogen and oxygen atoms in total. The van der Waals surface area contributed by atoms with Crippen molar-refractivity contribution in [3.63, 3.8) is 0 Å². The fourth-order valence-corrected chi connectivity index (χ4v) is 3.18. The first-order chi connectivity index (χ1) is 11.0. The van der Waals surface area contributed by atoms with Gasteiger partial charge in [-0.2, -0.15) is 0 Å². The minimum absolute atomic E-state index is 0.0232. The molecule has 1 aliphatic carbocycles. The van der Waals surface area contributed by atoms with Crippen molar-refractivity contribution in [1.29, 1.82) is 0 Å². The van der Waals surface area contributed by atoms with Crippen molar-refractivity contribution in [3.05, 3.63) is 0 Å². The van der Waals surface area contributed by atoms with E-state index in [1.165, 1.54) is 32.1 Å². The average molecular weight is 324 g/mol. The molecular weight excluding hydrogens is 292 g/mol. The smallest absolute Gasteiger partial charge is 0.243 e. The number of hydrogen-bond donors (Lipinski definition) is 2. The van der Waals surface area contributed by atoms with Gasteiger partial charge in [-0.15, -0.1) is 0 Å². The Morgan fingerprint density at radius 1 is 1.13 bits per heavy atom. The first kappa shape index (κ1) is 18.0. The summed E-state index contributed by atoms with van der Waals surface area (Å²) >= 11 is 0. The Morgan fingerprint density at radius 3 is 2.48 bits per heavy atom. The van der Waals surface area contributed by atoms with Gasteiger partial charge in [0.05, 0.1) is 6.10 Å². The largest absolute Gasteiger partial charge is 0.378 e. The van der Waals surface area contributed by atoms with E-state index in [0.717, 1.165) is 25.4 Å². The van der Waals surface area contributed by atoms with Crippen LogP contribution in [0.3, 0.4) is 0 Å². The van der Waals surface area contributed by atoms with Crippen LogP contribution in [0.25, 0.3) is 0 Å². The summed E-state index contributed by atoms with van der Waals surface area (Å²) in [5.41, 5.74) is 0. The van der Waals surface area contributed by atoms with Crippen LogP contribution < -0.4 is 10.6 Å². The van der Waals surface area contributed by atoms with Crippen molar-refractivity contribution in [3.8, 4) is 0 Å². The summed E-state index contributed by atoms with van der Waals surface area (Å²) in [6.45, 7) is 3.08. The fourth-order valence-electron chi connectivity index (χ4n) is 3.18. The van der Waals surface area contributed by atoms with Crippen molar-refractivity contribution in [2.45, 2.75) is 70.1 Å². The molecular formula is C17H32N4O2. The molecule has 2 N–H and O–H groups in total. The van der Waals surface area contributed by atoms with E-state index < -0.39 is 0 Å². The Bertz CT molecular complexity index is 405. The average Bonchev–Trinajstić information content (AvgIpc) is 2.53. The highest BCUT2D eigenvalue weighted by Gasteiger charge is 2.22. The molecule has 2 rings (SSSR count). The van der Waals surface area contributed by atoms with Crippen LogP contribution >= 0.6 is 0 Å². The Morgan fingerprint density at radius 2 is 1.83 bits per heavy atom. The van der Waals surface area contributed by atoms with Crippen LogP contribution in [-0.4, -0.2) is 62.2 Å². The summed E-state index contributed by atoms with van der Waals surface area (Å²) in [5, 5.41) is 7.06. The lowest BCUT2D eigenvalue weighted by Crippen LogP contribution is -2.50. The van der Waals surface area contributed by atoms with Crippen LogP contribution in [0.1, 0.15) is 51.9 Å². The molecule has 23 heavy (non-hydrogen) atoms. The minimum atomic E-state index is 0.0232. The second-order valence-corrected chi connectivity index (χ2v) is 6.98. The topological polar surface area (TPSA) is 66.0 Å². The van der Waals surface area contributed by atoms with E-state index in [1.807, 2.05) is 0 Å². The van der Waals surface area contributed by atoms with E-state index in [9.17, 15) is 4.79 Å². The van der Waals surface area contributed by atoms with Crippen LogP contribution in [0.4, 0.5) is 0 Å². The standard InChI is InChI=1S/C17H32N4O2/c1-13-11-15(9-10-23-13)20-17(18-12-16(22)21(2)3)19-14-7-5-4-6-8-14/h13-15H,4-12H2,1-3H3,(H2,18,19,20). The molecule has 1 saturated carbocycles. The number of ether oxygens (including phenoxy) is 1. The van der Waals surface area contributed by atoms with Gasteiger partial charge in [-0.25, -0.2) is 4.99 Å². The van der Waals surface area contributed by atoms with Gasteiger partial charge in [0.15, 0.2) is 5.96 Å². The predicted molar refractivity (Wildman–Crippen MR) is 92.6 cm³/mol. The van der Waals surface area contributed by atoms with E-state index in [0.29, 0.717) is 12.1 Å². The maximum atomic E-state index is 11.8. The van der Waals surface area contributed by atoms with Gasteiger partial charge in [0.1, 0.15) is 6.54 Å². The molecule has 2 aliphatic rings. The van der Waals surface area contributed by atoms with Gasteiger partial charge in [0.2, 0.25) is 5.91 Å². The van der Waals surface area contributed by atoms with Crippen molar-refractivity contribution in [2.24, 2.45) is 4.99 Å². The molecule has 0 aromatic rings. The fraction of sp³-hybridized carbons (Fsp3) is 0.882. The Labute approximate surface area is 140 Å². The molecule has 2 atom stereocenters. The molecule has 0 radical (unpaired) electrons. The van der Waals surface area contributed by atoms with Crippen LogP contribution in [0.5, 0.6) is 0 Å². The van der Waals surface area contributed by atoms with Gasteiger partial charge in [-0.05, 0) is 32.6 Å². The number of carbonyl (C=O) groups excluding carboxylic acids is 1. The van der Waals surface area contributed by atoms with Crippen molar-refractivity contribution in [2.75, 3.05) is 27.2 Å². The third-order valence-electron chi connectivity index (χ3n) is 4.64. The van der Waals surface area contributed by atoms with Crippen molar-refractivity contribution < 1.29 is 9.53 Å². The maximum Gasteiger partial charge on any atom is 0.243 e. The first-order valence-corrected chi connectivity index (χ1v) is 8.94. The summed E-state index contributed by atoms with van der Waals surface area (Å²) in [5.74, 6) is 0.807. The van der Waals surface area contributed by atoms with E-state index >= 15 is 0 Å². The molecule has 0 spiro atoms. The Kier molecular flexibility index (Phi) is 7.15. The lowest BCUT2D eigenvalue weighted by molar-refractivity contribution is -0.127. The van der Waals surface area contributed by atoms with Gasteiger partial charge in [0.25, 0.3) is 0 Å². The highest BCUT2D eigenvalue weighted by molar-refractivity contribution is 5.85. The van der Waals surface area contributed by atoms with Gasteiger partial charge < -0.3 is 20.3 Å². The SMILES string of the molecule is CC1CC(NC(=NCC(=O)N(C)C)NC2CCCCC2)CCO1. The zero-order valence-corrected chi connectivity index (χ0v) is 14.8. The summed E-state index contributed by atoms with van der Waals surface area (Å²) < 4.78 is 5.61. The molecule has 1 aliphatic heterocycles. The highest BCUT2D eigenvalue weighted by atomic mass is 16.5. The van der Waals surface area contributed by atoms with E-state index in [4.69, 9.17) is 4.74 Å². The number of guanidine groups is 1. The molecule has 2 fully saturated rings. The zero-order valence-electron chi connectivity index (χ0n) is 14.8. The number of hydrogen-bond acceptors (Lipinski definition) is 3.